The summed E-state index contributed by atoms with van der Waals surface area (Å²) in [6.45, 7) is 1.01. The summed E-state index contributed by atoms with van der Waals surface area (Å²) in [5, 5.41) is 3.52. The molecule has 1 heterocycles. The predicted octanol–water partition coefficient (Wildman–Crippen LogP) is 3.21. The summed E-state index contributed by atoms with van der Waals surface area (Å²) in [5.74, 6) is 3.32. The summed E-state index contributed by atoms with van der Waals surface area (Å²) in [6, 6.07) is 6.19. The number of anilines is 1. The Hall–Kier alpha value is -0.390. The van der Waals surface area contributed by atoms with Gasteiger partial charge in [-0.15, -0.1) is 11.8 Å². The molecular weight excluding hydrogens is 280 g/mol. The molecule has 5 heteroatoms. The Balaban J connectivity index is 2.13. The van der Waals surface area contributed by atoms with Gasteiger partial charge in [-0.05, 0) is 42.2 Å². The zero-order valence-electron chi connectivity index (χ0n) is 10.4. The van der Waals surface area contributed by atoms with Gasteiger partial charge >= 0.3 is 0 Å². The minimum absolute atomic E-state index is 0.475. The van der Waals surface area contributed by atoms with Gasteiger partial charge in [0.05, 0.1) is 0 Å². The van der Waals surface area contributed by atoms with Crippen molar-refractivity contribution in [2.45, 2.75) is 11.3 Å². The zero-order valence-corrected chi connectivity index (χ0v) is 12.9. The van der Waals surface area contributed by atoms with Gasteiger partial charge in [0.15, 0.2) is 0 Å². The number of hydrogen-bond donors (Lipinski definition) is 2. The van der Waals surface area contributed by atoms with Crippen molar-refractivity contribution < 1.29 is 0 Å². The van der Waals surface area contributed by atoms with Crippen LogP contribution < -0.4 is 11.1 Å². The molecule has 0 amide bonds. The van der Waals surface area contributed by atoms with Gasteiger partial charge < -0.3 is 11.1 Å². The van der Waals surface area contributed by atoms with Crippen LogP contribution in [0.2, 0.25) is 0 Å². The molecule has 0 bridgehead atoms. The molecule has 1 aliphatic heterocycles. The van der Waals surface area contributed by atoms with E-state index in [1.807, 2.05) is 11.8 Å². The number of rotatable bonds is 5. The van der Waals surface area contributed by atoms with Gasteiger partial charge in [-0.1, -0.05) is 18.3 Å². The standard InChI is InChI=1S/C13H18N2S3/c1-17-11-4-2-3-10(12(11)13(14)16)15-7-9-5-6-18-8-9/h2-4,9,15H,5-8H2,1H3,(H2,14,16). The fourth-order valence-electron chi connectivity index (χ4n) is 2.10. The SMILES string of the molecule is CSc1cccc(NCC2CCSC2)c1C(N)=S. The van der Waals surface area contributed by atoms with Crippen molar-refractivity contribution >= 4 is 46.4 Å². The summed E-state index contributed by atoms with van der Waals surface area (Å²) in [4.78, 5) is 1.62. The number of nitrogens with two attached hydrogens (primary N) is 1. The first-order chi connectivity index (χ1) is 8.72. The second kappa shape index (κ2) is 6.68. The molecule has 1 fully saturated rings. The summed E-state index contributed by atoms with van der Waals surface area (Å²) < 4.78 is 0. The Morgan fingerprint density at radius 1 is 1.61 bits per heavy atom. The summed E-state index contributed by atoms with van der Waals surface area (Å²) in [6.07, 6.45) is 3.36. The second-order valence-electron chi connectivity index (χ2n) is 4.36. The van der Waals surface area contributed by atoms with E-state index in [1.54, 1.807) is 11.8 Å². The molecule has 18 heavy (non-hydrogen) atoms. The Morgan fingerprint density at radius 2 is 2.44 bits per heavy atom. The van der Waals surface area contributed by atoms with E-state index in [0.29, 0.717) is 4.99 Å². The van der Waals surface area contributed by atoms with Gasteiger partial charge in [-0.25, -0.2) is 0 Å². The maximum atomic E-state index is 5.85. The van der Waals surface area contributed by atoms with Gasteiger partial charge in [0.2, 0.25) is 0 Å². The lowest BCUT2D eigenvalue weighted by Crippen LogP contribution is -2.18. The first-order valence-corrected chi connectivity index (χ1v) is 8.79. The molecular formula is C13H18N2S3. The Bertz CT molecular complexity index is 428. The third-order valence-electron chi connectivity index (χ3n) is 3.10. The van der Waals surface area contributed by atoms with E-state index in [0.717, 1.165) is 28.6 Å². The Kier molecular flexibility index (Phi) is 5.21. The van der Waals surface area contributed by atoms with Gasteiger partial charge in [-0.3, -0.25) is 0 Å². The lowest BCUT2D eigenvalue weighted by Gasteiger charge is -2.16. The fourth-order valence-corrected chi connectivity index (χ4v) is 4.31. The molecule has 1 aromatic rings. The van der Waals surface area contributed by atoms with E-state index in [-0.39, 0.29) is 0 Å². The summed E-state index contributed by atoms with van der Waals surface area (Å²) in [7, 11) is 0. The maximum Gasteiger partial charge on any atom is 0.107 e. The van der Waals surface area contributed by atoms with Crippen molar-refractivity contribution in [3.8, 4) is 0 Å². The lowest BCUT2D eigenvalue weighted by atomic mass is 10.1. The molecule has 1 atom stereocenters. The minimum atomic E-state index is 0.475. The molecule has 2 nitrogen and oxygen atoms in total. The van der Waals surface area contributed by atoms with Crippen LogP contribution in [-0.2, 0) is 0 Å². The third kappa shape index (κ3) is 3.33. The predicted molar refractivity (Wildman–Crippen MR) is 88.0 cm³/mol. The number of hydrogen-bond acceptors (Lipinski definition) is 4. The molecule has 3 N–H and O–H groups in total. The van der Waals surface area contributed by atoms with E-state index >= 15 is 0 Å². The average Bonchev–Trinajstić information content (AvgIpc) is 2.88. The van der Waals surface area contributed by atoms with Crippen LogP contribution in [0.4, 0.5) is 5.69 Å². The molecule has 1 unspecified atom stereocenters. The van der Waals surface area contributed by atoms with Crippen molar-refractivity contribution in [2.75, 3.05) is 29.6 Å². The zero-order chi connectivity index (χ0) is 13.0. The highest BCUT2D eigenvalue weighted by molar-refractivity contribution is 7.99. The number of benzene rings is 1. The Labute approximate surface area is 122 Å². The van der Waals surface area contributed by atoms with Crippen LogP contribution in [0.3, 0.4) is 0 Å². The van der Waals surface area contributed by atoms with Gasteiger partial charge in [0.1, 0.15) is 4.99 Å². The van der Waals surface area contributed by atoms with Crippen LogP contribution in [0.1, 0.15) is 12.0 Å². The van der Waals surface area contributed by atoms with Crippen molar-refractivity contribution in [2.24, 2.45) is 11.7 Å². The molecule has 1 saturated heterocycles. The highest BCUT2D eigenvalue weighted by Crippen LogP contribution is 2.28. The van der Waals surface area contributed by atoms with Crippen LogP contribution in [0, 0.1) is 5.92 Å². The molecule has 0 radical (unpaired) electrons. The van der Waals surface area contributed by atoms with Gasteiger partial charge in [0.25, 0.3) is 0 Å². The first kappa shape index (κ1) is 14.0. The Morgan fingerprint density at radius 3 is 3.06 bits per heavy atom. The highest BCUT2D eigenvalue weighted by atomic mass is 32.2. The molecule has 0 aromatic heterocycles. The lowest BCUT2D eigenvalue weighted by molar-refractivity contribution is 0.632. The van der Waals surface area contributed by atoms with Crippen LogP contribution in [-0.4, -0.2) is 29.3 Å². The summed E-state index contributed by atoms with van der Waals surface area (Å²) in [5.41, 5.74) is 7.92. The topological polar surface area (TPSA) is 38.0 Å². The first-order valence-electron chi connectivity index (χ1n) is 6.00. The largest absolute Gasteiger partial charge is 0.389 e. The second-order valence-corrected chi connectivity index (χ2v) is 6.80. The molecule has 0 saturated carbocycles. The van der Waals surface area contributed by atoms with E-state index in [4.69, 9.17) is 18.0 Å². The molecule has 0 aliphatic carbocycles. The van der Waals surface area contributed by atoms with Crippen LogP contribution >= 0.6 is 35.7 Å². The van der Waals surface area contributed by atoms with Crippen molar-refractivity contribution in [1.82, 2.24) is 0 Å². The van der Waals surface area contributed by atoms with Crippen LogP contribution in [0.5, 0.6) is 0 Å². The average molecular weight is 299 g/mol. The molecule has 1 aromatic carbocycles. The van der Waals surface area contributed by atoms with E-state index in [9.17, 15) is 0 Å². The summed E-state index contributed by atoms with van der Waals surface area (Å²) >= 11 is 8.90. The molecule has 0 spiro atoms. The minimum Gasteiger partial charge on any atom is -0.389 e. The van der Waals surface area contributed by atoms with E-state index in [2.05, 4.69) is 29.8 Å². The van der Waals surface area contributed by atoms with Crippen molar-refractivity contribution in [3.63, 3.8) is 0 Å². The van der Waals surface area contributed by atoms with Crippen molar-refractivity contribution in [1.29, 1.82) is 0 Å². The molecule has 1 aliphatic rings. The molecule has 98 valence electrons. The normalized spacial score (nSPS) is 18.8. The van der Waals surface area contributed by atoms with Gasteiger partial charge in [-0.2, -0.15) is 11.8 Å². The van der Waals surface area contributed by atoms with E-state index < -0.39 is 0 Å². The number of thiocarbonyl (C=S) groups is 1. The molecule has 2 rings (SSSR count). The number of nitrogens with one attached hydrogen (secondary N) is 1. The van der Waals surface area contributed by atoms with E-state index in [1.165, 1.54) is 17.9 Å². The monoisotopic (exact) mass is 298 g/mol. The number of thioether (sulfide) groups is 2. The van der Waals surface area contributed by atoms with Gasteiger partial charge in [0, 0.05) is 22.7 Å². The highest BCUT2D eigenvalue weighted by Gasteiger charge is 2.16. The quantitative estimate of drug-likeness (QED) is 0.645. The van der Waals surface area contributed by atoms with Crippen LogP contribution in [0.25, 0.3) is 0 Å². The smallest absolute Gasteiger partial charge is 0.107 e. The maximum absolute atomic E-state index is 5.85. The third-order valence-corrected chi connectivity index (χ3v) is 5.31. The van der Waals surface area contributed by atoms with Crippen molar-refractivity contribution in [3.05, 3.63) is 23.8 Å². The van der Waals surface area contributed by atoms with Crippen LogP contribution in [0.15, 0.2) is 23.1 Å². The fraction of sp³-hybridized carbons (Fsp3) is 0.462.